The van der Waals surface area contributed by atoms with Crippen molar-refractivity contribution in [2.75, 3.05) is 5.32 Å². The van der Waals surface area contributed by atoms with E-state index >= 15 is 0 Å². The molecule has 0 saturated heterocycles. The topological polar surface area (TPSA) is 92.7 Å². The Labute approximate surface area is 133 Å². The highest BCUT2D eigenvalue weighted by Gasteiger charge is 2.10. The van der Waals surface area contributed by atoms with Crippen LogP contribution in [0.1, 0.15) is 5.69 Å². The lowest BCUT2D eigenvalue weighted by atomic mass is 10.2. The molecule has 0 bridgehead atoms. The van der Waals surface area contributed by atoms with Crippen LogP contribution in [0.4, 0.5) is 5.82 Å². The lowest BCUT2D eigenvalue weighted by Gasteiger charge is -2.06. The van der Waals surface area contributed by atoms with Crippen molar-refractivity contribution in [2.45, 2.75) is 13.5 Å². The van der Waals surface area contributed by atoms with Gasteiger partial charge in [-0.25, -0.2) is 4.98 Å². The van der Waals surface area contributed by atoms with E-state index in [2.05, 4.69) is 36.4 Å². The van der Waals surface area contributed by atoms with Gasteiger partial charge in [0.2, 0.25) is 5.91 Å². The van der Waals surface area contributed by atoms with E-state index in [1.807, 2.05) is 13.0 Å². The molecule has 3 rings (SSSR count). The Kier molecular flexibility index (Phi) is 3.76. The van der Waals surface area contributed by atoms with Gasteiger partial charge in [0.15, 0.2) is 5.82 Å². The third-order valence-corrected chi connectivity index (χ3v) is 3.57. The first-order chi connectivity index (χ1) is 10.5. The van der Waals surface area contributed by atoms with Crippen molar-refractivity contribution >= 4 is 38.6 Å². The van der Waals surface area contributed by atoms with Crippen LogP contribution in [0.5, 0.6) is 0 Å². The molecular formula is C14H12BrN5O2. The minimum atomic E-state index is -0.343. The van der Waals surface area contributed by atoms with Gasteiger partial charge in [-0.1, -0.05) is 15.9 Å². The van der Waals surface area contributed by atoms with Gasteiger partial charge in [-0.15, -0.1) is 0 Å². The van der Waals surface area contributed by atoms with E-state index in [1.165, 1.54) is 10.9 Å². The summed E-state index contributed by atoms with van der Waals surface area (Å²) >= 11 is 3.32. The molecule has 3 aromatic rings. The molecular weight excluding hydrogens is 350 g/mol. The molecule has 0 aliphatic carbocycles. The first-order valence-corrected chi connectivity index (χ1v) is 7.29. The molecule has 0 unspecified atom stereocenters. The molecule has 0 aliphatic rings. The number of amides is 1. The van der Waals surface area contributed by atoms with Crippen LogP contribution in [0.25, 0.3) is 10.9 Å². The Morgan fingerprint density at radius 1 is 1.41 bits per heavy atom. The third-order valence-electron chi connectivity index (χ3n) is 3.07. The average molecular weight is 362 g/mol. The van der Waals surface area contributed by atoms with Crippen molar-refractivity contribution in [1.82, 2.24) is 19.7 Å². The van der Waals surface area contributed by atoms with Crippen LogP contribution < -0.4 is 10.9 Å². The quantitative estimate of drug-likeness (QED) is 0.744. The van der Waals surface area contributed by atoms with Crippen molar-refractivity contribution in [2.24, 2.45) is 0 Å². The number of nitrogens with one attached hydrogen (secondary N) is 2. The summed E-state index contributed by atoms with van der Waals surface area (Å²) in [5.41, 5.74) is 1.16. The van der Waals surface area contributed by atoms with E-state index in [0.29, 0.717) is 16.7 Å². The van der Waals surface area contributed by atoms with Gasteiger partial charge < -0.3 is 5.32 Å². The predicted molar refractivity (Wildman–Crippen MR) is 85.7 cm³/mol. The Bertz CT molecular complexity index is 915. The van der Waals surface area contributed by atoms with E-state index in [1.54, 1.807) is 18.2 Å². The van der Waals surface area contributed by atoms with Crippen LogP contribution in [0.2, 0.25) is 0 Å². The molecule has 1 amide bonds. The van der Waals surface area contributed by atoms with Crippen LogP contribution in [0.15, 0.2) is 39.9 Å². The maximum absolute atomic E-state index is 12.4. The molecule has 22 heavy (non-hydrogen) atoms. The Morgan fingerprint density at radius 2 is 2.23 bits per heavy atom. The highest BCUT2D eigenvalue weighted by atomic mass is 79.9. The number of aromatic nitrogens is 4. The number of H-pyrrole nitrogens is 1. The fraction of sp³-hybridized carbons (Fsp3) is 0.143. The second-order valence-electron chi connectivity index (χ2n) is 4.82. The molecule has 112 valence electrons. The van der Waals surface area contributed by atoms with Crippen LogP contribution in [0, 0.1) is 6.92 Å². The van der Waals surface area contributed by atoms with Crippen molar-refractivity contribution in [3.8, 4) is 0 Å². The summed E-state index contributed by atoms with van der Waals surface area (Å²) in [5.74, 6) is 0.0804. The van der Waals surface area contributed by atoms with Gasteiger partial charge >= 0.3 is 0 Å². The number of aryl methyl sites for hydroxylation is 1. The van der Waals surface area contributed by atoms with E-state index in [0.717, 1.165) is 10.2 Å². The monoisotopic (exact) mass is 361 g/mol. The van der Waals surface area contributed by atoms with Crippen molar-refractivity contribution in [1.29, 1.82) is 0 Å². The zero-order chi connectivity index (χ0) is 15.7. The summed E-state index contributed by atoms with van der Waals surface area (Å²) < 4.78 is 2.05. The SMILES string of the molecule is Cc1cc(NC(=O)Cn2cnc3ccc(Br)cc3c2=O)n[nH]1. The Morgan fingerprint density at radius 3 is 2.95 bits per heavy atom. The maximum Gasteiger partial charge on any atom is 0.261 e. The zero-order valence-electron chi connectivity index (χ0n) is 11.6. The molecule has 0 atom stereocenters. The largest absolute Gasteiger partial charge is 0.308 e. The summed E-state index contributed by atoms with van der Waals surface area (Å²) in [4.78, 5) is 28.5. The number of carbonyl (C=O) groups is 1. The molecule has 8 heteroatoms. The number of rotatable bonds is 3. The number of hydrogen-bond donors (Lipinski definition) is 2. The highest BCUT2D eigenvalue weighted by Crippen LogP contribution is 2.14. The summed E-state index contributed by atoms with van der Waals surface area (Å²) in [6.45, 7) is 1.71. The van der Waals surface area contributed by atoms with Crippen LogP contribution in [0.3, 0.4) is 0 Å². The third kappa shape index (κ3) is 2.91. The molecule has 0 fully saturated rings. The predicted octanol–water partition coefficient (Wildman–Crippen LogP) is 1.83. The summed E-state index contributed by atoms with van der Waals surface area (Å²) in [5, 5.41) is 9.72. The minimum absolute atomic E-state index is 0.125. The number of carbonyl (C=O) groups excluding carboxylic acids is 1. The lowest BCUT2D eigenvalue weighted by Crippen LogP contribution is -2.28. The van der Waals surface area contributed by atoms with Gasteiger partial charge in [0.05, 0.1) is 17.2 Å². The van der Waals surface area contributed by atoms with Crippen LogP contribution >= 0.6 is 15.9 Å². The van der Waals surface area contributed by atoms with E-state index < -0.39 is 0 Å². The normalized spacial score (nSPS) is 10.8. The average Bonchev–Trinajstić information content (AvgIpc) is 2.87. The molecule has 2 heterocycles. The summed E-state index contributed by atoms with van der Waals surface area (Å²) in [6, 6.07) is 6.95. The van der Waals surface area contributed by atoms with E-state index in [9.17, 15) is 9.59 Å². The Balaban J connectivity index is 1.86. The fourth-order valence-corrected chi connectivity index (χ4v) is 2.42. The van der Waals surface area contributed by atoms with Gasteiger partial charge in [0.1, 0.15) is 6.54 Å². The number of halogens is 1. The second-order valence-corrected chi connectivity index (χ2v) is 5.74. The van der Waals surface area contributed by atoms with E-state index in [-0.39, 0.29) is 18.0 Å². The number of fused-ring (bicyclic) bond motifs is 1. The number of anilines is 1. The van der Waals surface area contributed by atoms with Gasteiger partial charge in [-0.3, -0.25) is 19.3 Å². The molecule has 0 radical (unpaired) electrons. The van der Waals surface area contributed by atoms with Crippen LogP contribution in [-0.2, 0) is 11.3 Å². The van der Waals surface area contributed by atoms with Crippen molar-refractivity contribution in [3.05, 3.63) is 51.1 Å². The molecule has 0 spiro atoms. The first-order valence-electron chi connectivity index (χ1n) is 6.49. The fourth-order valence-electron chi connectivity index (χ4n) is 2.06. The Hall–Kier alpha value is -2.48. The number of aromatic amines is 1. The molecule has 2 N–H and O–H groups in total. The van der Waals surface area contributed by atoms with Gasteiger partial charge in [0.25, 0.3) is 5.56 Å². The van der Waals surface area contributed by atoms with E-state index in [4.69, 9.17) is 0 Å². The van der Waals surface area contributed by atoms with Gasteiger partial charge in [-0.2, -0.15) is 5.10 Å². The molecule has 0 aliphatic heterocycles. The number of nitrogens with zero attached hydrogens (tertiary/aromatic N) is 3. The summed E-state index contributed by atoms with van der Waals surface area (Å²) in [6.07, 6.45) is 1.37. The lowest BCUT2D eigenvalue weighted by molar-refractivity contribution is -0.116. The smallest absolute Gasteiger partial charge is 0.261 e. The van der Waals surface area contributed by atoms with Gasteiger partial charge in [0, 0.05) is 16.2 Å². The number of hydrogen-bond acceptors (Lipinski definition) is 4. The standard InChI is InChI=1S/C14H12BrN5O2/c1-8-4-12(19-18-8)17-13(21)6-20-7-16-11-3-2-9(15)5-10(11)14(20)22/h2-5,7H,6H2,1H3,(H2,17,18,19,21). The second kappa shape index (κ2) is 5.72. The van der Waals surface area contributed by atoms with Gasteiger partial charge in [-0.05, 0) is 25.1 Å². The zero-order valence-corrected chi connectivity index (χ0v) is 13.2. The molecule has 1 aromatic carbocycles. The molecule has 0 saturated carbocycles. The van der Waals surface area contributed by atoms with Crippen LogP contribution in [-0.4, -0.2) is 25.7 Å². The maximum atomic E-state index is 12.4. The van der Waals surface area contributed by atoms with Crippen molar-refractivity contribution < 1.29 is 4.79 Å². The molecule has 7 nitrogen and oxygen atoms in total. The summed E-state index contributed by atoms with van der Waals surface area (Å²) in [7, 11) is 0. The van der Waals surface area contributed by atoms with Crippen molar-refractivity contribution in [3.63, 3.8) is 0 Å². The number of benzene rings is 1. The first kappa shape index (κ1) is 14.5. The highest BCUT2D eigenvalue weighted by molar-refractivity contribution is 9.10. The molecule has 2 aromatic heterocycles. The minimum Gasteiger partial charge on any atom is -0.308 e.